The number of phenols is 2. The molecule has 3 N–H and O–H groups in total. The summed E-state index contributed by atoms with van der Waals surface area (Å²) in [5, 5.41) is 21.7. The molecule has 1 aliphatic rings. The van der Waals surface area contributed by atoms with Gasteiger partial charge in [-0.1, -0.05) is 0 Å². The molecular formula is C10H11NO3. The Kier molecular flexibility index (Phi) is 1.84. The lowest BCUT2D eigenvalue weighted by molar-refractivity contribution is 0.0972. The topological polar surface area (TPSA) is 69.6 Å². The average molecular weight is 193 g/mol. The van der Waals surface area contributed by atoms with Crippen LogP contribution in [-0.4, -0.2) is 22.0 Å². The van der Waals surface area contributed by atoms with Gasteiger partial charge in [-0.2, -0.15) is 0 Å². The zero-order chi connectivity index (χ0) is 10.3. The van der Waals surface area contributed by atoms with Crippen LogP contribution in [-0.2, 0) is 0 Å². The first-order chi connectivity index (χ1) is 6.58. The van der Waals surface area contributed by atoms with Gasteiger partial charge >= 0.3 is 0 Å². The van der Waals surface area contributed by atoms with Crippen LogP contribution in [0, 0.1) is 0 Å². The Hall–Kier alpha value is -1.71. The molecule has 0 aliphatic carbocycles. The predicted octanol–water partition coefficient (Wildman–Crippen LogP) is 1.48. The number of aromatic hydroxyl groups is 2. The van der Waals surface area contributed by atoms with Crippen molar-refractivity contribution < 1.29 is 15.0 Å². The quantitative estimate of drug-likeness (QED) is 0.583. The van der Waals surface area contributed by atoms with Crippen LogP contribution in [0.1, 0.15) is 23.7 Å². The van der Waals surface area contributed by atoms with Crippen LogP contribution in [0.4, 0.5) is 5.69 Å². The van der Waals surface area contributed by atoms with E-state index in [-0.39, 0.29) is 28.9 Å². The van der Waals surface area contributed by atoms with E-state index in [1.807, 2.05) is 6.92 Å². The van der Waals surface area contributed by atoms with Crippen LogP contribution in [0.3, 0.4) is 0 Å². The number of fused-ring (bicyclic) bond motifs is 1. The zero-order valence-electron chi connectivity index (χ0n) is 7.74. The van der Waals surface area contributed by atoms with Crippen LogP contribution in [0.2, 0.25) is 0 Å². The third-order valence-electron chi connectivity index (χ3n) is 2.27. The lowest BCUT2D eigenvalue weighted by Gasteiger charge is -2.23. The number of carbonyl (C=O) groups excluding carboxylic acids is 1. The van der Waals surface area contributed by atoms with Crippen molar-refractivity contribution in [3.05, 3.63) is 17.7 Å². The molecular weight excluding hydrogens is 182 g/mol. The van der Waals surface area contributed by atoms with Crippen molar-refractivity contribution in [2.45, 2.75) is 19.4 Å². The highest BCUT2D eigenvalue weighted by atomic mass is 16.3. The minimum Gasteiger partial charge on any atom is -0.508 e. The van der Waals surface area contributed by atoms with Crippen LogP contribution in [0.5, 0.6) is 11.5 Å². The third-order valence-corrected chi connectivity index (χ3v) is 2.27. The van der Waals surface area contributed by atoms with E-state index in [1.165, 1.54) is 12.1 Å². The summed E-state index contributed by atoms with van der Waals surface area (Å²) in [6.07, 6.45) is 0.366. The fourth-order valence-electron chi connectivity index (χ4n) is 1.72. The lowest BCUT2D eigenvalue weighted by Crippen LogP contribution is -2.26. The van der Waals surface area contributed by atoms with Crippen LogP contribution < -0.4 is 5.32 Å². The van der Waals surface area contributed by atoms with Crippen molar-refractivity contribution in [1.82, 2.24) is 0 Å². The Morgan fingerprint density at radius 1 is 1.43 bits per heavy atom. The number of anilines is 1. The Morgan fingerprint density at radius 3 is 2.86 bits per heavy atom. The molecule has 14 heavy (non-hydrogen) atoms. The fraction of sp³-hybridized carbons (Fsp3) is 0.300. The Morgan fingerprint density at radius 2 is 2.14 bits per heavy atom. The number of phenolic OH excluding ortho intramolecular Hbond substituents is 2. The van der Waals surface area contributed by atoms with Gasteiger partial charge in [0.2, 0.25) is 0 Å². The molecule has 0 amide bonds. The summed E-state index contributed by atoms with van der Waals surface area (Å²) in [7, 11) is 0. The van der Waals surface area contributed by atoms with Gasteiger partial charge in [-0.15, -0.1) is 0 Å². The summed E-state index contributed by atoms with van der Waals surface area (Å²) in [5.74, 6) is -0.302. The molecule has 0 bridgehead atoms. The number of hydrogen-bond acceptors (Lipinski definition) is 4. The summed E-state index contributed by atoms with van der Waals surface area (Å²) in [6, 6.07) is 2.66. The van der Waals surface area contributed by atoms with Gasteiger partial charge < -0.3 is 15.5 Å². The van der Waals surface area contributed by atoms with Crippen LogP contribution in [0.15, 0.2) is 12.1 Å². The van der Waals surface area contributed by atoms with Gasteiger partial charge in [0.05, 0.1) is 11.3 Å². The summed E-state index contributed by atoms with van der Waals surface area (Å²) in [4.78, 5) is 11.5. The lowest BCUT2D eigenvalue weighted by atomic mass is 9.96. The maximum Gasteiger partial charge on any atom is 0.170 e. The van der Waals surface area contributed by atoms with Gasteiger partial charge in [0.1, 0.15) is 11.5 Å². The van der Waals surface area contributed by atoms with Gasteiger partial charge in [0.25, 0.3) is 0 Å². The van der Waals surface area contributed by atoms with Crippen LogP contribution >= 0.6 is 0 Å². The summed E-state index contributed by atoms with van der Waals surface area (Å²) >= 11 is 0. The van der Waals surface area contributed by atoms with E-state index in [1.54, 1.807) is 0 Å². The smallest absolute Gasteiger partial charge is 0.170 e. The van der Waals surface area contributed by atoms with Crippen LogP contribution in [0.25, 0.3) is 0 Å². The van der Waals surface area contributed by atoms with E-state index < -0.39 is 0 Å². The predicted molar refractivity (Wildman–Crippen MR) is 51.8 cm³/mol. The number of Topliss-reactive ketones (excluding diaryl/α,β-unsaturated/α-hetero) is 1. The summed E-state index contributed by atoms with van der Waals surface area (Å²) in [6.45, 7) is 1.88. The van der Waals surface area contributed by atoms with Crippen molar-refractivity contribution in [3.8, 4) is 11.5 Å². The molecule has 0 fully saturated rings. The number of nitrogens with one attached hydrogen (secondary N) is 1. The van der Waals surface area contributed by atoms with E-state index in [9.17, 15) is 15.0 Å². The molecule has 2 rings (SSSR count). The molecule has 1 aromatic carbocycles. The molecule has 4 nitrogen and oxygen atoms in total. The maximum atomic E-state index is 11.5. The molecule has 0 saturated heterocycles. The van der Waals surface area contributed by atoms with Crippen molar-refractivity contribution in [3.63, 3.8) is 0 Å². The van der Waals surface area contributed by atoms with E-state index >= 15 is 0 Å². The number of benzene rings is 1. The van der Waals surface area contributed by atoms with Gasteiger partial charge in [-0.05, 0) is 6.92 Å². The molecule has 1 aromatic rings. The van der Waals surface area contributed by atoms with Gasteiger partial charge in [-0.25, -0.2) is 0 Å². The second kappa shape index (κ2) is 2.90. The Bertz CT molecular complexity index is 401. The Labute approximate surface area is 81.2 Å². The molecule has 1 aliphatic heterocycles. The van der Waals surface area contributed by atoms with E-state index in [4.69, 9.17) is 0 Å². The van der Waals surface area contributed by atoms with Crippen molar-refractivity contribution in [1.29, 1.82) is 0 Å². The Balaban J connectivity index is 2.59. The van der Waals surface area contributed by atoms with Crippen molar-refractivity contribution >= 4 is 11.5 Å². The van der Waals surface area contributed by atoms with E-state index in [0.717, 1.165) is 0 Å². The highest BCUT2D eigenvalue weighted by Crippen LogP contribution is 2.35. The molecule has 0 saturated carbocycles. The highest BCUT2D eigenvalue weighted by Gasteiger charge is 2.25. The molecule has 4 heteroatoms. The molecule has 74 valence electrons. The first-order valence-corrected chi connectivity index (χ1v) is 4.43. The molecule has 1 unspecified atom stereocenters. The molecule has 1 heterocycles. The summed E-state index contributed by atoms with van der Waals surface area (Å²) < 4.78 is 0. The molecule has 1 atom stereocenters. The zero-order valence-corrected chi connectivity index (χ0v) is 7.74. The summed E-state index contributed by atoms with van der Waals surface area (Å²) in [5.41, 5.74) is 0.784. The van der Waals surface area contributed by atoms with Crippen molar-refractivity contribution in [2.75, 3.05) is 5.32 Å². The minimum absolute atomic E-state index is 0.0381. The van der Waals surface area contributed by atoms with Gasteiger partial charge in [0.15, 0.2) is 5.78 Å². The van der Waals surface area contributed by atoms with Gasteiger partial charge in [0, 0.05) is 24.6 Å². The first-order valence-electron chi connectivity index (χ1n) is 4.43. The average Bonchev–Trinajstić information content (AvgIpc) is 1.99. The maximum absolute atomic E-state index is 11.5. The normalized spacial score (nSPS) is 20.1. The second-order valence-corrected chi connectivity index (χ2v) is 3.56. The fourth-order valence-corrected chi connectivity index (χ4v) is 1.72. The molecule has 0 aromatic heterocycles. The SMILES string of the molecule is CC1CC(=O)c2c(O)cc(O)cc2N1. The van der Waals surface area contributed by atoms with E-state index in [2.05, 4.69) is 5.32 Å². The number of hydrogen-bond donors (Lipinski definition) is 3. The number of carbonyl (C=O) groups is 1. The molecule has 0 spiro atoms. The van der Waals surface area contributed by atoms with E-state index in [0.29, 0.717) is 12.1 Å². The van der Waals surface area contributed by atoms with Crippen molar-refractivity contribution in [2.24, 2.45) is 0 Å². The number of rotatable bonds is 0. The molecule has 0 radical (unpaired) electrons. The minimum atomic E-state index is -0.163. The standard InChI is InChI=1S/C10H11NO3/c1-5-2-8(13)10-7(11-5)3-6(12)4-9(10)14/h3-5,11-12,14H,2H2,1H3. The first kappa shape index (κ1) is 8.87. The highest BCUT2D eigenvalue weighted by molar-refractivity contribution is 6.06. The monoisotopic (exact) mass is 193 g/mol. The second-order valence-electron chi connectivity index (χ2n) is 3.56. The third kappa shape index (κ3) is 1.28. The largest absolute Gasteiger partial charge is 0.508 e. The number of ketones is 1. The van der Waals surface area contributed by atoms with Gasteiger partial charge in [-0.3, -0.25) is 4.79 Å².